The lowest BCUT2D eigenvalue weighted by molar-refractivity contribution is 0.0226. The zero-order valence-corrected chi connectivity index (χ0v) is 17.1. The molecule has 1 aromatic carbocycles. The summed E-state index contributed by atoms with van der Waals surface area (Å²) in [6, 6.07) is 7.99. The second-order valence-electron chi connectivity index (χ2n) is 7.50. The van der Waals surface area contributed by atoms with Gasteiger partial charge in [-0.05, 0) is 44.9 Å². The third kappa shape index (κ3) is 3.49. The lowest BCUT2D eigenvalue weighted by Crippen LogP contribution is -2.39. The van der Waals surface area contributed by atoms with Gasteiger partial charge in [-0.1, -0.05) is 12.1 Å². The van der Waals surface area contributed by atoms with Crippen molar-refractivity contribution in [2.75, 3.05) is 6.54 Å². The van der Waals surface area contributed by atoms with Crippen LogP contribution in [0.3, 0.4) is 0 Å². The topological polar surface area (TPSA) is 59.5 Å². The van der Waals surface area contributed by atoms with E-state index in [1.54, 1.807) is 16.2 Å². The van der Waals surface area contributed by atoms with E-state index in [0.29, 0.717) is 24.4 Å². The minimum atomic E-state index is -0.521. The van der Waals surface area contributed by atoms with Crippen LogP contribution in [0, 0.1) is 0 Å². The molecule has 0 unspecified atom stereocenters. The van der Waals surface area contributed by atoms with Crippen LogP contribution >= 0.6 is 22.7 Å². The number of benzene rings is 1. The molecule has 1 aliphatic heterocycles. The van der Waals surface area contributed by atoms with Gasteiger partial charge in [0.2, 0.25) is 0 Å². The summed E-state index contributed by atoms with van der Waals surface area (Å²) in [5.74, 6) is 0. The molecule has 0 fully saturated rings. The molecule has 0 saturated carbocycles. The van der Waals surface area contributed by atoms with Gasteiger partial charge in [0.25, 0.3) is 0 Å². The van der Waals surface area contributed by atoms with Crippen LogP contribution in [-0.4, -0.2) is 34.4 Å². The van der Waals surface area contributed by atoms with Crippen molar-refractivity contribution >= 4 is 45.3 Å². The van der Waals surface area contributed by atoms with Gasteiger partial charge in [-0.25, -0.2) is 9.78 Å². The lowest BCUT2D eigenvalue weighted by atomic mass is 10.0. The van der Waals surface area contributed by atoms with E-state index in [-0.39, 0.29) is 6.09 Å². The van der Waals surface area contributed by atoms with E-state index in [1.807, 2.05) is 45.0 Å². The molecule has 140 valence electrons. The van der Waals surface area contributed by atoms with Crippen LogP contribution in [0.5, 0.6) is 0 Å². The fraction of sp³-hybridized carbons (Fsp3) is 0.350. The fourth-order valence-corrected chi connectivity index (χ4v) is 5.50. The first kappa shape index (κ1) is 18.1. The lowest BCUT2D eigenvalue weighted by Gasteiger charge is -2.30. The van der Waals surface area contributed by atoms with Crippen LogP contribution in [0.4, 0.5) is 4.79 Å². The van der Waals surface area contributed by atoms with E-state index in [4.69, 9.17) is 9.72 Å². The van der Waals surface area contributed by atoms with Gasteiger partial charge in [-0.2, -0.15) is 0 Å². The number of rotatable bonds is 2. The first-order valence-corrected chi connectivity index (χ1v) is 10.4. The highest BCUT2D eigenvalue weighted by molar-refractivity contribution is 7.22. The molecule has 1 amide bonds. The molecule has 0 aliphatic carbocycles. The summed E-state index contributed by atoms with van der Waals surface area (Å²) < 4.78 is 6.60. The average molecular weight is 401 g/mol. The maximum absolute atomic E-state index is 12.4. The highest BCUT2D eigenvalue weighted by Gasteiger charge is 2.30. The van der Waals surface area contributed by atoms with Crippen molar-refractivity contribution < 1.29 is 14.3 Å². The Labute approximate surface area is 165 Å². The molecule has 0 spiro atoms. The summed E-state index contributed by atoms with van der Waals surface area (Å²) in [6.45, 7) is 6.64. The number of carbonyl (C=O) groups is 2. The third-order valence-corrected chi connectivity index (χ3v) is 6.55. The summed E-state index contributed by atoms with van der Waals surface area (Å²) in [7, 11) is 0. The molecule has 2 aromatic heterocycles. The average Bonchev–Trinajstić information content (AvgIpc) is 3.19. The number of nitrogens with zero attached hydrogens (tertiary/aromatic N) is 2. The number of hydrogen-bond donors (Lipinski definition) is 0. The Kier molecular flexibility index (Phi) is 4.52. The molecule has 1 aliphatic rings. The summed E-state index contributed by atoms with van der Waals surface area (Å²) >= 11 is 3.06. The first-order valence-electron chi connectivity index (χ1n) is 8.79. The molecule has 5 nitrogen and oxygen atoms in total. The van der Waals surface area contributed by atoms with Crippen molar-refractivity contribution in [3.05, 3.63) is 39.6 Å². The predicted octanol–water partition coefficient (Wildman–Crippen LogP) is 5.13. The van der Waals surface area contributed by atoms with Gasteiger partial charge in [0.05, 0.1) is 21.6 Å². The van der Waals surface area contributed by atoms with Gasteiger partial charge in [0.1, 0.15) is 10.6 Å². The standard InChI is InChI=1S/C20H20N2O3S2/c1-20(2,3)25-19(24)22-9-8-12-15(10-22)26-16(11-23)17(12)18-21-13-6-4-5-7-14(13)27-18/h4-7,11H,8-10H2,1-3H3. The van der Waals surface area contributed by atoms with E-state index in [2.05, 4.69) is 0 Å². The monoisotopic (exact) mass is 400 g/mol. The zero-order valence-electron chi connectivity index (χ0n) is 15.4. The predicted molar refractivity (Wildman–Crippen MR) is 109 cm³/mol. The Bertz CT molecular complexity index is 997. The SMILES string of the molecule is CC(C)(C)OC(=O)N1CCc2c(sc(C=O)c2-c2nc3ccccc3s2)C1. The molecule has 0 radical (unpaired) electrons. The third-order valence-electron chi connectivity index (χ3n) is 4.35. The maximum Gasteiger partial charge on any atom is 0.410 e. The molecule has 0 saturated heterocycles. The van der Waals surface area contributed by atoms with Crippen molar-refractivity contribution in [1.82, 2.24) is 9.88 Å². The number of hydrogen-bond acceptors (Lipinski definition) is 6. The van der Waals surface area contributed by atoms with Gasteiger partial charge in [-0.3, -0.25) is 4.79 Å². The zero-order chi connectivity index (χ0) is 19.2. The molecular formula is C20H20N2O3S2. The molecular weight excluding hydrogens is 380 g/mol. The fourth-order valence-electron chi connectivity index (χ4n) is 3.20. The van der Waals surface area contributed by atoms with Crippen LogP contribution in [0.2, 0.25) is 0 Å². The minimum absolute atomic E-state index is 0.309. The van der Waals surface area contributed by atoms with Crippen LogP contribution in [0.25, 0.3) is 20.8 Å². The van der Waals surface area contributed by atoms with Crippen LogP contribution < -0.4 is 0 Å². The quantitative estimate of drug-likeness (QED) is 0.560. The number of thiazole rings is 1. The van der Waals surface area contributed by atoms with Gasteiger partial charge in [0, 0.05) is 17.0 Å². The molecule has 3 heterocycles. The molecule has 3 aromatic rings. The number of thiophene rings is 1. The molecule has 0 N–H and O–H groups in total. The van der Waals surface area contributed by atoms with Crippen LogP contribution in [0.15, 0.2) is 24.3 Å². The van der Waals surface area contributed by atoms with Gasteiger partial charge >= 0.3 is 6.09 Å². The molecule has 4 rings (SSSR count). The Morgan fingerprint density at radius 2 is 2.04 bits per heavy atom. The Morgan fingerprint density at radius 3 is 2.74 bits per heavy atom. The van der Waals surface area contributed by atoms with Crippen LogP contribution in [0.1, 0.15) is 40.9 Å². The van der Waals surface area contributed by atoms with Crippen molar-refractivity contribution in [1.29, 1.82) is 0 Å². The first-order chi connectivity index (χ1) is 12.9. The van der Waals surface area contributed by atoms with Crippen LogP contribution in [-0.2, 0) is 17.7 Å². The van der Waals surface area contributed by atoms with Crippen molar-refractivity contribution in [3.63, 3.8) is 0 Å². The smallest absolute Gasteiger partial charge is 0.410 e. The minimum Gasteiger partial charge on any atom is -0.444 e. The summed E-state index contributed by atoms with van der Waals surface area (Å²) in [5.41, 5.74) is 2.50. The van der Waals surface area contributed by atoms with E-state index in [9.17, 15) is 9.59 Å². The second-order valence-corrected chi connectivity index (χ2v) is 9.67. The van der Waals surface area contributed by atoms with Gasteiger partial charge in [0.15, 0.2) is 6.29 Å². The summed E-state index contributed by atoms with van der Waals surface area (Å²) in [5, 5.41) is 0.876. The molecule has 7 heteroatoms. The van der Waals surface area contributed by atoms with Crippen molar-refractivity contribution in [2.45, 2.75) is 39.3 Å². The number of fused-ring (bicyclic) bond motifs is 2. The van der Waals surface area contributed by atoms with Gasteiger partial charge in [-0.15, -0.1) is 22.7 Å². The number of para-hydroxylation sites is 1. The van der Waals surface area contributed by atoms with E-state index >= 15 is 0 Å². The van der Waals surface area contributed by atoms with Crippen molar-refractivity contribution in [2.24, 2.45) is 0 Å². The second kappa shape index (κ2) is 6.73. The largest absolute Gasteiger partial charge is 0.444 e. The number of ether oxygens (including phenoxy) is 1. The highest BCUT2D eigenvalue weighted by atomic mass is 32.1. The van der Waals surface area contributed by atoms with Gasteiger partial charge < -0.3 is 9.64 Å². The Hall–Kier alpha value is -2.25. The molecule has 0 bridgehead atoms. The molecule has 27 heavy (non-hydrogen) atoms. The number of aldehydes is 1. The maximum atomic E-state index is 12.4. The van der Waals surface area contributed by atoms with Crippen molar-refractivity contribution in [3.8, 4) is 10.6 Å². The van der Waals surface area contributed by atoms with E-state index in [0.717, 1.165) is 37.5 Å². The number of aromatic nitrogens is 1. The Morgan fingerprint density at radius 1 is 1.26 bits per heavy atom. The number of carbonyl (C=O) groups excluding carboxylic acids is 2. The highest BCUT2D eigenvalue weighted by Crippen LogP contribution is 2.41. The number of amides is 1. The van der Waals surface area contributed by atoms with E-state index in [1.165, 1.54) is 11.3 Å². The molecule has 0 atom stereocenters. The summed E-state index contributed by atoms with van der Waals surface area (Å²) in [4.78, 5) is 32.3. The summed E-state index contributed by atoms with van der Waals surface area (Å²) in [6.07, 6.45) is 1.29. The van der Waals surface area contributed by atoms with E-state index < -0.39 is 5.60 Å². The Balaban J connectivity index is 1.69. The normalized spacial score (nSPS) is 14.3.